The third-order valence-corrected chi connectivity index (χ3v) is 5.05. The Hall–Kier alpha value is -0.570. The van der Waals surface area contributed by atoms with Gasteiger partial charge in [0.05, 0.1) is 5.92 Å². The number of nitrogens with two attached hydrogens (primary N) is 1. The van der Waals surface area contributed by atoms with Crippen molar-refractivity contribution in [2.75, 3.05) is 7.05 Å². The maximum Gasteiger partial charge on any atom is 0.227 e. The Morgan fingerprint density at radius 3 is 2.33 bits per heavy atom. The number of carbonyl (C=O) groups is 1. The Kier molecular flexibility index (Phi) is 4.66. The quantitative estimate of drug-likeness (QED) is 0.821. The lowest BCUT2D eigenvalue weighted by Crippen LogP contribution is -2.50. The van der Waals surface area contributed by atoms with Gasteiger partial charge in [0.25, 0.3) is 0 Å². The summed E-state index contributed by atoms with van der Waals surface area (Å²) in [6.07, 6.45) is 9.39. The molecule has 2 rings (SSSR count). The first kappa shape index (κ1) is 13.9. The molecule has 1 amide bonds. The number of hydrogen-bond donors (Lipinski definition) is 1. The Morgan fingerprint density at radius 2 is 1.67 bits per heavy atom. The van der Waals surface area contributed by atoms with Crippen LogP contribution in [0.25, 0.3) is 0 Å². The average Bonchev–Trinajstić information content (AvgIpc) is 2.38. The van der Waals surface area contributed by atoms with Crippen molar-refractivity contribution in [2.45, 2.75) is 70.4 Å². The molecule has 0 radical (unpaired) electrons. The van der Waals surface area contributed by atoms with Gasteiger partial charge in [0.1, 0.15) is 0 Å². The van der Waals surface area contributed by atoms with E-state index in [1.807, 2.05) is 11.9 Å². The zero-order valence-electron chi connectivity index (χ0n) is 11.9. The predicted octanol–water partition coefficient (Wildman–Crippen LogP) is 2.54. The first-order valence-corrected chi connectivity index (χ1v) is 7.63. The fraction of sp³-hybridized carbons (Fsp3) is 0.933. The van der Waals surface area contributed by atoms with Crippen LogP contribution in [0.15, 0.2) is 0 Å². The van der Waals surface area contributed by atoms with Crippen molar-refractivity contribution in [1.82, 2.24) is 4.90 Å². The summed E-state index contributed by atoms with van der Waals surface area (Å²) < 4.78 is 0. The van der Waals surface area contributed by atoms with Gasteiger partial charge in [-0.1, -0.05) is 32.6 Å². The van der Waals surface area contributed by atoms with Gasteiger partial charge < -0.3 is 10.6 Å². The molecule has 2 aliphatic carbocycles. The molecule has 0 aromatic carbocycles. The first-order valence-electron chi connectivity index (χ1n) is 7.63. The van der Waals surface area contributed by atoms with Crippen molar-refractivity contribution < 1.29 is 4.79 Å². The van der Waals surface area contributed by atoms with Gasteiger partial charge in [-0.3, -0.25) is 4.79 Å². The van der Waals surface area contributed by atoms with E-state index in [1.54, 1.807) is 0 Å². The minimum absolute atomic E-state index is 0.0814. The lowest BCUT2D eigenvalue weighted by atomic mass is 9.81. The van der Waals surface area contributed by atoms with Crippen LogP contribution in [-0.4, -0.2) is 29.9 Å². The second-order valence-electron chi connectivity index (χ2n) is 6.33. The molecule has 4 atom stereocenters. The molecule has 0 spiro atoms. The largest absolute Gasteiger partial charge is 0.342 e. The number of hydrogen-bond acceptors (Lipinski definition) is 2. The van der Waals surface area contributed by atoms with E-state index in [0.29, 0.717) is 17.9 Å². The van der Waals surface area contributed by atoms with Crippen molar-refractivity contribution in [2.24, 2.45) is 17.6 Å². The van der Waals surface area contributed by atoms with Crippen LogP contribution in [-0.2, 0) is 4.79 Å². The van der Waals surface area contributed by atoms with Crippen molar-refractivity contribution in [3.63, 3.8) is 0 Å². The monoisotopic (exact) mass is 252 g/mol. The fourth-order valence-corrected chi connectivity index (χ4v) is 3.76. The minimum Gasteiger partial charge on any atom is -0.342 e. The van der Waals surface area contributed by atoms with Crippen LogP contribution in [0.2, 0.25) is 0 Å². The summed E-state index contributed by atoms with van der Waals surface area (Å²) in [6, 6.07) is 0.535. The minimum atomic E-state index is 0.0814. The molecule has 2 aliphatic rings. The Bertz CT molecular complexity index is 292. The third kappa shape index (κ3) is 2.87. The van der Waals surface area contributed by atoms with E-state index in [1.165, 1.54) is 32.1 Å². The molecule has 0 saturated heterocycles. The number of carbonyl (C=O) groups excluding carboxylic acids is 1. The number of nitrogens with zero attached hydrogens (tertiary/aromatic N) is 1. The molecule has 0 heterocycles. The van der Waals surface area contributed by atoms with Gasteiger partial charge >= 0.3 is 0 Å². The summed E-state index contributed by atoms with van der Waals surface area (Å²) in [5.74, 6) is 1.03. The van der Waals surface area contributed by atoms with Crippen molar-refractivity contribution in [3.05, 3.63) is 0 Å². The maximum atomic E-state index is 12.6. The van der Waals surface area contributed by atoms with Crippen molar-refractivity contribution in [1.29, 1.82) is 0 Å². The van der Waals surface area contributed by atoms with E-state index in [9.17, 15) is 4.79 Å². The van der Waals surface area contributed by atoms with Crippen LogP contribution in [0.3, 0.4) is 0 Å². The predicted molar refractivity (Wildman–Crippen MR) is 74.1 cm³/mol. The molecule has 2 saturated carbocycles. The topological polar surface area (TPSA) is 46.3 Å². The van der Waals surface area contributed by atoms with E-state index in [4.69, 9.17) is 5.73 Å². The van der Waals surface area contributed by atoms with Crippen LogP contribution in [0.4, 0.5) is 0 Å². The lowest BCUT2D eigenvalue weighted by molar-refractivity contribution is -0.139. The highest BCUT2D eigenvalue weighted by Gasteiger charge is 2.35. The normalized spacial score (nSPS) is 37.3. The third-order valence-electron chi connectivity index (χ3n) is 5.05. The van der Waals surface area contributed by atoms with Crippen LogP contribution in [0.5, 0.6) is 0 Å². The summed E-state index contributed by atoms with van der Waals surface area (Å²) in [5, 5.41) is 0. The maximum absolute atomic E-state index is 12.6. The highest BCUT2D eigenvalue weighted by molar-refractivity contribution is 5.79. The molecule has 0 aliphatic heterocycles. The number of amides is 1. The lowest BCUT2D eigenvalue weighted by Gasteiger charge is -2.39. The summed E-state index contributed by atoms with van der Waals surface area (Å²) in [6.45, 7) is 2.29. The molecule has 3 nitrogen and oxygen atoms in total. The van der Waals surface area contributed by atoms with Crippen molar-refractivity contribution in [3.8, 4) is 0 Å². The van der Waals surface area contributed by atoms with Gasteiger partial charge in [0.15, 0.2) is 0 Å². The molecule has 0 bridgehead atoms. The van der Waals surface area contributed by atoms with Crippen LogP contribution in [0, 0.1) is 11.8 Å². The molecule has 4 unspecified atom stereocenters. The van der Waals surface area contributed by atoms with Gasteiger partial charge in [0, 0.05) is 19.1 Å². The zero-order valence-corrected chi connectivity index (χ0v) is 11.9. The molecule has 3 heteroatoms. The Morgan fingerprint density at radius 1 is 1.06 bits per heavy atom. The highest BCUT2D eigenvalue weighted by Crippen LogP contribution is 2.30. The average molecular weight is 252 g/mol. The second-order valence-corrected chi connectivity index (χ2v) is 6.33. The van der Waals surface area contributed by atoms with Crippen LogP contribution < -0.4 is 5.73 Å². The van der Waals surface area contributed by atoms with E-state index in [0.717, 1.165) is 19.3 Å². The highest BCUT2D eigenvalue weighted by atomic mass is 16.2. The van der Waals surface area contributed by atoms with E-state index in [-0.39, 0.29) is 12.0 Å². The zero-order chi connectivity index (χ0) is 13.1. The van der Waals surface area contributed by atoms with Gasteiger partial charge in [-0.05, 0) is 31.6 Å². The summed E-state index contributed by atoms with van der Waals surface area (Å²) in [7, 11) is 2.00. The van der Waals surface area contributed by atoms with Gasteiger partial charge in [-0.15, -0.1) is 0 Å². The molecule has 2 fully saturated rings. The second kappa shape index (κ2) is 6.05. The Balaban J connectivity index is 1.98. The van der Waals surface area contributed by atoms with E-state index < -0.39 is 0 Å². The van der Waals surface area contributed by atoms with Gasteiger partial charge in [-0.25, -0.2) is 0 Å². The Labute approximate surface area is 111 Å². The molecule has 18 heavy (non-hydrogen) atoms. The molecule has 2 N–H and O–H groups in total. The van der Waals surface area contributed by atoms with Crippen LogP contribution >= 0.6 is 0 Å². The van der Waals surface area contributed by atoms with Gasteiger partial charge in [-0.2, -0.15) is 0 Å². The van der Waals surface area contributed by atoms with Crippen molar-refractivity contribution >= 4 is 5.91 Å². The van der Waals surface area contributed by atoms with E-state index in [2.05, 4.69) is 6.92 Å². The summed E-state index contributed by atoms with van der Waals surface area (Å²) >= 11 is 0. The SMILES string of the molecule is CC1CCCCC1N(C)C(=O)C1CCCCC1N. The molecule has 0 aromatic rings. The molecule has 0 aromatic heterocycles. The van der Waals surface area contributed by atoms with Gasteiger partial charge in [0.2, 0.25) is 5.91 Å². The summed E-state index contributed by atoms with van der Waals surface area (Å²) in [5.41, 5.74) is 6.13. The number of rotatable bonds is 2. The van der Waals surface area contributed by atoms with E-state index >= 15 is 0 Å². The molecular formula is C15H28N2O. The van der Waals surface area contributed by atoms with Crippen LogP contribution in [0.1, 0.15) is 58.3 Å². The smallest absolute Gasteiger partial charge is 0.227 e. The summed E-state index contributed by atoms with van der Waals surface area (Å²) in [4.78, 5) is 14.6. The fourth-order valence-electron chi connectivity index (χ4n) is 3.76. The molecular weight excluding hydrogens is 224 g/mol. The first-order chi connectivity index (χ1) is 8.61. The molecule has 104 valence electrons. The standard InChI is InChI=1S/C15H28N2O/c1-11-7-3-6-10-14(11)17(2)15(18)12-8-4-5-9-13(12)16/h11-14H,3-10,16H2,1-2H3.